The number of rotatable bonds is 0. The maximum Gasteiger partial charge on any atom is 0.214 e. The molecule has 1 aliphatic rings. The second kappa shape index (κ2) is 4.33. The third-order valence-corrected chi connectivity index (χ3v) is 4.40. The first-order valence-electron chi connectivity index (χ1n) is 7.12. The summed E-state index contributed by atoms with van der Waals surface area (Å²) in [5.41, 5.74) is 3.10. The minimum Gasteiger partial charge on any atom is -0.287 e. The maximum atomic E-state index is 12.7. The van der Waals surface area contributed by atoms with Crippen LogP contribution in [0, 0.1) is 0 Å². The SMILES string of the molecule is O=C1c2cccnc2-c2nc3ccc(Cl)cc3c3ccnc1c23. The van der Waals surface area contributed by atoms with Gasteiger partial charge in [0.05, 0.1) is 11.1 Å². The number of hydrogen-bond acceptors (Lipinski definition) is 4. The molecule has 0 amide bonds. The van der Waals surface area contributed by atoms with E-state index in [4.69, 9.17) is 16.6 Å². The summed E-state index contributed by atoms with van der Waals surface area (Å²) >= 11 is 6.13. The highest BCUT2D eigenvalue weighted by Crippen LogP contribution is 2.39. The van der Waals surface area contributed by atoms with Crippen molar-refractivity contribution in [3.05, 3.63) is 65.1 Å². The van der Waals surface area contributed by atoms with E-state index in [0.717, 1.165) is 21.7 Å². The monoisotopic (exact) mass is 317 g/mol. The third kappa shape index (κ3) is 1.61. The van der Waals surface area contributed by atoms with Crippen LogP contribution in [0.3, 0.4) is 0 Å². The third-order valence-electron chi connectivity index (χ3n) is 4.16. The quantitative estimate of drug-likeness (QED) is 0.404. The predicted octanol–water partition coefficient (Wildman–Crippen LogP) is 4.04. The van der Waals surface area contributed by atoms with Gasteiger partial charge in [0, 0.05) is 28.2 Å². The van der Waals surface area contributed by atoms with E-state index in [1.807, 2.05) is 24.3 Å². The standard InChI is InChI=1S/C18H8ClN3O/c19-9-3-4-13-12(8-9)10-5-7-21-17-14(10)16(22-13)15-11(18(17)23)2-1-6-20-15/h1-8H. The molecule has 0 saturated heterocycles. The highest BCUT2D eigenvalue weighted by Gasteiger charge is 2.29. The zero-order chi connectivity index (χ0) is 15.6. The highest BCUT2D eigenvalue weighted by atomic mass is 35.5. The summed E-state index contributed by atoms with van der Waals surface area (Å²) in [6, 6.07) is 11.0. The summed E-state index contributed by atoms with van der Waals surface area (Å²) in [7, 11) is 0. The topological polar surface area (TPSA) is 55.7 Å². The fourth-order valence-corrected chi connectivity index (χ4v) is 3.34. The number of benzene rings is 1. The highest BCUT2D eigenvalue weighted by molar-refractivity contribution is 6.32. The Balaban J connectivity index is 2.08. The van der Waals surface area contributed by atoms with Gasteiger partial charge in [-0.3, -0.25) is 14.8 Å². The van der Waals surface area contributed by atoms with Crippen LogP contribution in [0.2, 0.25) is 5.02 Å². The van der Waals surface area contributed by atoms with Gasteiger partial charge in [-0.2, -0.15) is 0 Å². The number of nitrogens with zero attached hydrogens (tertiary/aromatic N) is 3. The molecular weight excluding hydrogens is 310 g/mol. The zero-order valence-electron chi connectivity index (χ0n) is 11.7. The molecule has 0 bridgehead atoms. The number of hydrogen-bond donors (Lipinski definition) is 0. The number of aromatic nitrogens is 3. The fourth-order valence-electron chi connectivity index (χ4n) is 3.17. The molecule has 0 unspecified atom stereocenters. The zero-order valence-corrected chi connectivity index (χ0v) is 12.5. The molecule has 4 nitrogen and oxygen atoms in total. The molecule has 0 spiro atoms. The van der Waals surface area contributed by atoms with Gasteiger partial charge in [-0.1, -0.05) is 11.6 Å². The number of ketones is 1. The van der Waals surface area contributed by atoms with E-state index in [9.17, 15) is 4.79 Å². The Kier molecular flexibility index (Phi) is 2.39. The minimum absolute atomic E-state index is 0.116. The second-order valence-corrected chi connectivity index (χ2v) is 5.87. The Morgan fingerprint density at radius 1 is 0.870 bits per heavy atom. The molecule has 0 N–H and O–H groups in total. The van der Waals surface area contributed by atoms with Crippen LogP contribution in [0.5, 0.6) is 0 Å². The lowest BCUT2D eigenvalue weighted by atomic mass is 9.90. The van der Waals surface area contributed by atoms with Crippen molar-refractivity contribution in [2.24, 2.45) is 0 Å². The molecule has 108 valence electrons. The minimum atomic E-state index is -0.116. The van der Waals surface area contributed by atoms with Gasteiger partial charge in [0.15, 0.2) is 0 Å². The number of carbonyl (C=O) groups excluding carboxylic acids is 1. The molecule has 5 heteroatoms. The first kappa shape index (κ1) is 12.7. The summed E-state index contributed by atoms with van der Waals surface area (Å²) in [5, 5.41) is 3.21. The van der Waals surface area contributed by atoms with Crippen LogP contribution >= 0.6 is 11.6 Å². The molecular formula is C18H8ClN3O. The van der Waals surface area contributed by atoms with Crippen molar-refractivity contribution in [2.75, 3.05) is 0 Å². The van der Waals surface area contributed by atoms with Crippen molar-refractivity contribution >= 4 is 39.1 Å². The molecule has 0 saturated carbocycles. The Morgan fingerprint density at radius 2 is 1.74 bits per heavy atom. The van der Waals surface area contributed by atoms with Crippen LogP contribution < -0.4 is 0 Å². The number of halogens is 1. The summed E-state index contributed by atoms with van der Waals surface area (Å²) < 4.78 is 0. The van der Waals surface area contributed by atoms with Crippen molar-refractivity contribution in [3.8, 4) is 11.4 Å². The molecule has 3 heterocycles. The van der Waals surface area contributed by atoms with Crippen molar-refractivity contribution < 1.29 is 4.79 Å². The Bertz CT molecular complexity index is 1150. The summed E-state index contributed by atoms with van der Waals surface area (Å²) in [4.78, 5) is 26.2. The Labute approximate surface area is 135 Å². The number of carbonyl (C=O) groups is 1. The van der Waals surface area contributed by atoms with Crippen molar-refractivity contribution in [3.63, 3.8) is 0 Å². The molecule has 1 aromatic carbocycles. The average molecular weight is 318 g/mol. The van der Waals surface area contributed by atoms with Crippen LogP contribution in [0.1, 0.15) is 16.1 Å². The fraction of sp³-hybridized carbons (Fsp3) is 0. The van der Waals surface area contributed by atoms with E-state index >= 15 is 0 Å². The van der Waals surface area contributed by atoms with E-state index in [1.165, 1.54) is 0 Å². The van der Waals surface area contributed by atoms with Crippen molar-refractivity contribution in [2.45, 2.75) is 0 Å². The van der Waals surface area contributed by atoms with Crippen LogP contribution in [-0.4, -0.2) is 20.7 Å². The average Bonchev–Trinajstić information content (AvgIpc) is 2.59. The summed E-state index contributed by atoms with van der Waals surface area (Å²) in [5.74, 6) is -0.116. The number of fused-ring (bicyclic) bond motifs is 4. The lowest BCUT2D eigenvalue weighted by Crippen LogP contribution is -2.14. The molecule has 0 radical (unpaired) electrons. The molecule has 0 aliphatic heterocycles. The van der Waals surface area contributed by atoms with Crippen LogP contribution in [0.15, 0.2) is 48.8 Å². The lowest BCUT2D eigenvalue weighted by molar-refractivity contribution is 0.103. The lowest BCUT2D eigenvalue weighted by Gasteiger charge is -2.18. The van der Waals surface area contributed by atoms with E-state index in [-0.39, 0.29) is 5.78 Å². The molecule has 4 aromatic rings. The van der Waals surface area contributed by atoms with Gasteiger partial charge in [-0.05, 0) is 41.8 Å². The second-order valence-electron chi connectivity index (χ2n) is 5.43. The maximum absolute atomic E-state index is 12.7. The van der Waals surface area contributed by atoms with Gasteiger partial charge in [-0.15, -0.1) is 0 Å². The van der Waals surface area contributed by atoms with Gasteiger partial charge in [0.1, 0.15) is 17.1 Å². The Hall–Kier alpha value is -2.85. The van der Waals surface area contributed by atoms with Gasteiger partial charge in [-0.25, -0.2) is 4.98 Å². The van der Waals surface area contributed by atoms with Crippen LogP contribution in [0.4, 0.5) is 0 Å². The smallest absolute Gasteiger partial charge is 0.214 e. The Morgan fingerprint density at radius 3 is 2.65 bits per heavy atom. The number of pyridine rings is 3. The first-order chi connectivity index (χ1) is 11.2. The summed E-state index contributed by atoms with van der Waals surface area (Å²) in [6.45, 7) is 0. The van der Waals surface area contributed by atoms with E-state index in [2.05, 4.69) is 9.97 Å². The van der Waals surface area contributed by atoms with Gasteiger partial charge < -0.3 is 0 Å². The van der Waals surface area contributed by atoms with Crippen molar-refractivity contribution in [1.29, 1.82) is 0 Å². The van der Waals surface area contributed by atoms with E-state index in [0.29, 0.717) is 27.7 Å². The molecule has 0 atom stereocenters. The normalized spacial score (nSPS) is 12.7. The van der Waals surface area contributed by atoms with Gasteiger partial charge in [0.25, 0.3) is 0 Å². The van der Waals surface area contributed by atoms with Gasteiger partial charge in [0.2, 0.25) is 5.78 Å². The molecule has 0 fully saturated rings. The predicted molar refractivity (Wildman–Crippen MR) is 88.7 cm³/mol. The first-order valence-corrected chi connectivity index (χ1v) is 7.50. The molecule has 3 aromatic heterocycles. The summed E-state index contributed by atoms with van der Waals surface area (Å²) in [6.07, 6.45) is 3.33. The van der Waals surface area contributed by atoms with Crippen LogP contribution in [0.25, 0.3) is 33.1 Å². The molecule has 23 heavy (non-hydrogen) atoms. The van der Waals surface area contributed by atoms with Crippen molar-refractivity contribution in [1.82, 2.24) is 15.0 Å². The molecule has 1 aliphatic carbocycles. The van der Waals surface area contributed by atoms with Crippen LogP contribution in [-0.2, 0) is 0 Å². The van der Waals surface area contributed by atoms with E-state index < -0.39 is 0 Å². The largest absolute Gasteiger partial charge is 0.287 e. The molecule has 5 rings (SSSR count). The van der Waals surface area contributed by atoms with Gasteiger partial charge >= 0.3 is 0 Å². The van der Waals surface area contributed by atoms with E-state index in [1.54, 1.807) is 24.5 Å².